The minimum absolute atomic E-state index is 0.235. The average Bonchev–Trinajstić information content (AvgIpc) is 2.95. The molecule has 0 saturated carbocycles. The molecule has 22 heavy (non-hydrogen) atoms. The first-order chi connectivity index (χ1) is 10.8. The van der Waals surface area contributed by atoms with Gasteiger partial charge in [-0.1, -0.05) is 30.3 Å². The van der Waals surface area contributed by atoms with Crippen molar-refractivity contribution in [1.82, 2.24) is 9.97 Å². The Bertz CT molecular complexity index is 795. The van der Waals surface area contributed by atoms with Crippen LogP contribution in [0.15, 0.2) is 36.7 Å². The van der Waals surface area contributed by atoms with Crippen LogP contribution in [0.4, 0.5) is 5.82 Å². The number of nitrogens with one attached hydrogen (secondary N) is 1. The van der Waals surface area contributed by atoms with Gasteiger partial charge in [-0.15, -0.1) is 11.3 Å². The van der Waals surface area contributed by atoms with Crippen molar-refractivity contribution in [3.05, 3.63) is 52.7 Å². The molecule has 0 bridgehead atoms. The van der Waals surface area contributed by atoms with E-state index in [0.717, 1.165) is 17.1 Å². The molecule has 3 aromatic rings. The molecule has 1 atom stereocenters. The lowest BCUT2D eigenvalue weighted by Crippen LogP contribution is -2.09. The smallest absolute Gasteiger partial charge is 0.138 e. The predicted molar refractivity (Wildman–Crippen MR) is 92.5 cm³/mol. The van der Waals surface area contributed by atoms with E-state index in [2.05, 4.69) is 46.5 Å². The molecule has 0 spiro atoms. The van der Waals surface area contributed by atoms with Crippen molar-refractivity contribution in [1.29, 1.82) is 0 Å². The first-order valence-electron chi connectivity index (χ1n) is 7.89. The van der Waals surface area contributed by atoms with Crippen molar-refractivity contribution in [2.75, 3.05) is 5.32 Å². The van der Waals surface area contributed by atoms with E-state index in [4.69, 9.17) is 0 Å². The van der Waals surface area contributed by atoms with Gasteiger partial charge in [0.1, 0.15) is 17.0 Å². The highest BCUT2D eigenvalue weighted by molar-refractivity contribution is 7.19. The first kappa shape index (κ1) is 13.7. The van der Waals surface area contributed by atoms with E-state index in [1.54, 1.807) is 6.33 Å². The summed E-state index contributed by atoms with van der Waals surface area (Å²) in [5.74, 6) is 0.987. The molecule has 112 valence electrons. The summed E-state index contributed by atoms with van der Waals surface area (Å²) in [5, 5.41) is 4.85. The maximum absolute atomic E-state index is 4.54. The van der Waals surface area contributed by atoms with E-state index in [0.29, 0.717) is 0 Å². The van der Waals surface area contributed by atoms with E-state index < -0.39 is 0 Å². The van der Waals surface area contributed by atoms with Crippen molar-refractivity contribution in [2.24, 2.45) is 0 Å². The third-order valence-electron chi connectivity index (χ3n) is 4.40. The number of hydrogen-bond acceptors (Lipinski definition) is 4. The van der Waals surface area contributed by atoms with Gasteiger partial charge in [-0.25, -0.2) is 9.97 Å². The Hall–Kier alpha value is -1.94. The molecule has 1 N–H and O–H groups in total. The Morgan fingerprint density at radius 3 is 2.77 bits per heavy atom. The van der Waals surface area contributed by atoms with Crippen molar-refractivity contribution in [3.63, 3.8) is 0 Å². The largest absolute Gasteiger partial charge is 0.363 e. The quantitative estimate of drug-likeness (QED) is 0.759. The van der Waals surface area contributed by atoms with Crippen LogP contribution in [-0.4, -0.2) is 9.97 Å². The Labute approximate surface area is 134 Å². The van der Waals surface area contributed by atoms with Crippen LogP contribution in [-0.2, 0) is 12.8 Å². The molecule has 2 heterocycles. The molecule has 0 saturated heterocycles. The van der Waals surface area contributed by atoms with Gasteiger partial charge in [0.2, 0.25) is 0 Å². The van der Waals surface area contributed by atoms with Gasteiger partial charge in [-0.2, -0.15) is 0 Å². The van der Waals surface area contributed by atoms with Gasteiger partial charge in [0.25, 0.3) is 0 Å². The van der Waals surface area contributed by atoms with Crippen LogP contribution in [0.2, 0.25) is 0 Å². The number of benzene rings is 1. The maximum Gasteiger partial charge on any atom is 0.138 e. The molecule has 4 rings (SSSR count). The molecule has 1 aliphatic rings. The van der Waals surface area contributed by atoms with Crippen molar-refractivity contribution < 1.29 is 0 Å². The fourth-order valence-electron chi connectivity index (χ4n) is 3.23. The zero-order chi connectivity index (χ0) is 14.9. The normalized spacial score (nSPS) is 15.5. The van der Waals surface area contributed by atoms with Crippen LogP contribution in [0.5, 0.6) is 0 Å². The third-order valence-corrected chi connectivity index (χ3v) is 5.60. The topological polar surface area (TPSA) is 37.8 Å². The van der Waals surface area contributed by atoms with E-state index >= 15 is 0 Å². The molecule has 0 amide bonds. The Kier molecular flexibility index (Phi) is 3.54. The minimum Gasteiger partial charge on any atom is -0.363 e. The Morgan fingerprint density at radius 2 is 1.91 bits per heavy atom. The second-order valence-electron chi connectivity index (χ2n) is 5.89. The number of rotatable bonds is 3. The molecular weight excluding hydrogens is 290 g/mol. The molecule has 0 unspecified atom stereocenters. The predicted octanol–water partition coefficient (Wildman–Crippen LogP) is 4.74. The summed E-state index contributed by atoms with van der Waals surface area (Å²) >= 11 is 1.85. The van der Waals surface area contributed by atoms with Gasteiger partial charge < -0.3 is 5.32 Å². The summed E-state index contributed by atoms with van der Waals surface area (Å²) in [6, 6.07) is 10.7. The van der Waals surface area contributed by atoms with Crippen LogP contribution in [0.3, 0.4) is 0 Å². The number of hydrogen-bond donors (Lipinski definition) is 1. The fraction of sp³-hybridized carbons (Fsp3) is 0.333. The zero-order valence-corrected chi connectivity index (χ0v) is 13.5. The maximum atomic E-state index is 4.54. The molecule has 4 heteroatoms. The van der Waals surface area contributed by atoms with Crippen molar-refractivity contribution in [2.45, 2.75) is 38.6 Å². The Balaban J connectivity index is 1.74. The molecule has 0 fully saturated rings. The molecule has 0 radical (unpaired) electrons. The molecule has 0 aliphatic heterocycles. The number of aromatic nitrogens is 2. The summed E-state index contributed by atoms with van der Waals surface area (Å²) in [6.45, 7) is 2.18. The van der Waals surface area contributed by atoms with E-state index in [-0.39, 0.29) is 6.04 Å². The fourth-order valence-corrected chi connectivity index (χ4v) is 4.46. The first-order valence-corrected chi connectivity index (χ1v) is 8.71. The highest BCUT2D eigenvalue weighted by atomic mass is 32.1. The highest BCUT2D eigenvalue weighted by Gasteiger charge is 2.20. The average molecular weight is 309 g/mol. The van der Waals surface area contributed by atoms with Crippen LogP contribution < -0.4 is 5.32 Å². The van der Waals surface area contributed by atoms with Gasteiger partial charge in [0.15, 0.2) is 0 Å². The van der Waals surface area contributed by atoms with Gasteiger partial charge in [0, 0.05) is 10.9 Å². The second kappa shape index (κ2) is 5.69. The minimum atomic E-state index is 0.235. The monoisotopic (exact) mass is 309 g/mol. The molecule has 3 nitrogen and oxygen atoms in total. The lowest BCUT2D eigenvalue weighted by atomic mass is 9.97. The number of aryl methyl sites for hydroxylation is 2. The van der Waals surface area contributed by atoms with Gasteiger partial charge in [0.05, 0.1) is 5.39 Å². The third kappa shape index (κ3) is 2.37. The van der Waals surface area contributed by atoms with Gasteiger partial charge in [-0.05, 0) is 43.7 Å². The second-order valence-corrected chi connectivity index (χ2v) is 6.97. The molecular formula is C18H19N3S. The highest BCUT2D eigenvalue weighted by Crippen LogP contribution is 2.38. The van der Waals surface area contributed by atoms with Gasteiger partial charge >= 0.3 is 0 Å². The number of fused-ring (bicyclic) bond motifs is 3. The summed E-state index contributed by atoms with van der Waals surface area (Å²) in [4.78, 5) is 11.7. The van der Waals surface area contributed by atoms with Crippen molar-refractivity contribution in [3.8, 4) is 0 Å². The molecule has 1 aromatic carbocycles. The SMILES string of the molecule is C[C@H](Nc1ncnc2sc3c(c12)CCCC3)c1ccccc1. The van der Waals surface area contributed by atoms with Crippen LogP contribution >= 0.6 is 11.3 Å². The lowest BCUT2D eigenvalue weighted by molar-refractivity contribution is 0.700. The van der Waals surface area contributed by atoms with Crippen molar-refractivity contribution >= 4 is 27.4 Å². The number of nitrogens with zero attached hydrogens (tertiary/aromatic N) is 2. The summed E-state index contributed by atoms with van der Waals surface area (Å²) in [5.41, 5.74) is 2.76. The zero-order valence-electron chi connectivity index (χ0n) is 12.7. The Morgan fingerprint density at radius 1 is 1.09 bits per heavy atom. The summed E-state index contributed by atoms with van der Waals surface area (Å²) < 4.78 is 0. The number of anilines is 1. The van der Waals surface area contributed by atoms with Crippen LogP contribution in [0.25, 0.3) is 10.2 Å². The van der Waals surface area contributed by atoms with Crippen LogP contribution in [0, 0.1) is 0 Å². The number of thiophene rings is 1. The standard InChI is InChI=1S/C18H19N3S/c1-12(13-7-3-2-4-8-13)21-17-16-14-9-5-6-10-15(14)22-18(16)20-11-19-17/h2-4,7-8,11-12H,5-6,9-10H2,1H3,(H,19,20,21)/t12-/m0/s1. The van der Waals surface area contributed by atoms with Crippen LogP contribution in [0.1, 0.15) is 41.8 Å². The molecule has 1 aliphatic carbocycles. The molecule has 2 aromatic heterocycles. The van der Waals surface area contributed by atoms with Gasteiger partial charge in [-0.3, -0.25) is 0 Å². The van der Waals surface area contributed by atoms with E-state index in [1.807, 2.05) is 17.4 Å². The van der Waals surface area contributed by atoms with E-state index in [1.165, 1.54) is 40.7 Å². The summed E-state index contributed by atoms with van der Waals surface area (Å²) in [6.07, 6.45) is 6.63. The lowest BCUT2D eigenvalue weighted by Gasteiger charge is -2.17. The summed E-state index contributed by atoms with van der Waals surface area (Å²) in [7, 11) is 0. The van der Waals surface area contributed by atoms with E-state index in [9.17, 15) is 0 Å².